The van der Waals surface area contributed by atoms with Gasteiger partial charge in [0.25, 0.3) is 0 Å². The summed E-state index contributed by atoms with van der Waals surface area (Å²) in [5.74, 6) is -1.66. The molecule has 0 fully saturated rings. The second-order valence-electron chi connectivity index (χ2n) is 13.0. The zero-order chi connectivity index (χ0) is 40.7. The van der Waals surface area contributed by atoms with Gasteiger partial charge in [0.05, 0.1) is 119 Å². The van der Waals surface area contributed by atoms with Crippen molar-refractivity contribution in [2.24, 2.45) is 0 Å². The first-order valence-corrected chi connectivity index (χ1v) is 21.0. The number of carboxylic acid groups (broad SMARTS) is 1. The molecule has 0 atom stereocenters. The van der Waals surface area contributed by atoms with Crippen molar-refractivity contribution in [3.8, 4) is 0 Å². The van der Waals surface area contributed by atoms with Gasteiger partial charge in [-0.25, -0.2) is 4.79 Å². The fourth-order valence-electron chi connectivity index (χ4n) is 4.98. The minimum absolute atomic E-state index is 0.141. The van der Waals surface area contributed by atoms with E-state index in [9.17, 15) is 14.4 Å². The maximum absolute atomic E-state index is 11.9. The number of amides is 1. The molecule has 0 unspecified atom stereocenters. The number of hydrogen-bond donors (Lipinski definition) is 2. The molecule has 0 aromatic heterocycles. The third-order valence-corrected chi connectivity index (χ3v) is 7.98. The molecule has 0 aromatic rings. The largest absolute Gasteiger partial charge is 0.480 e. The molecule has 0 saturated carbocycles. The smallest absolute Gasteiger partial charge is 0.329 e. The monoisotopic (exact) mass is 812 g/mol. The van der Waals surface area contributed by atoms with Crippen molar-refractivity contribution in [2.45, 2.75) is 96.8 Å². The van der Waals surface area contributed by atoms with Gasteiger partial charge in [-0.05, 0) is 6.42 Å². The molecule has 56 heavy (non-hydrogen) atoms. The fourth-order valence-corrected chi connectivity index (χ4v) is 4.98. The van der Waals surface area contributed by atoms with E-state index in [4.69, 9.17) is 52.5 Å². The van der Waals surface area contributed by atoms with Crippen LogP contribution in [0.15, 0.2) is 0 Å². The molecule has 332 valence electrons. The summed E-state index contributed by atoms with van der Waals surface area (Å²) < 4.78 is 59.0. The molecular weight excluding hydrogens is 734 g/mol. The highest BCUT2D eigenvalue weighted by molar-refractivity contribution is 5.77. The molecule has 2 N–H and O–H groups in total. The summed E-state index contributed by atoms with van der Waals surface area (Å²) in [5, 5.41) is 11.0. The lowest BCUT2D eigenvalue weighted by molar-refractivity contribution is -0.146. The highest BCUT2D eigenvalue weighted by atomic mass is 16.6. The zero-order valence-electron chi connectivity index (χ0n) is 34.6. The first-order valence-electron chi connectivity index (χ1n) is 21.0. The van der Waals surface area contributed by atoms with E-state index in [2.05, 4.69) is 17.0 Å². The number of nitrogens with one attached hydrogen (secondary N) is 1. The van der Waals surface area contributed by atoms with Crippen LogP contribution < -0.4 is 5.32 Å². The molecule has 0 heterocycles. The number of esters is 1. The van der Waals surface area contributed by atoms with E-state index in [-0.39, 0.29) is 19.2 Å². The van der Waals surface area contributed by atoms with Gasteiger partial charge in [0.2, 0.25) is 5.91 Å². The molecule has 0 saturated heterocycles. The summed E-state index contributed by atoms with van der Waals surface area (Å²) in [6.45, 7) is 9.95. The van der Waals surface area contributed by atoms with Crippen LogP contribution in [0.25, 0.3) is 0 Å². The summed E-state index contributed by atoms with van der Waals surface area (Å²) in [6, 6.07) is 0. The quantitative estimate of drug-likeness (QED) is 0.0652. The first-order chi connectivity index (χ1) is 27.6. The minimum atomic E-state index is -1.12. The maximum atomic E-state index is 11.9. The summed E-state index contributed by atoms with van der Waals surface area (Å²) in [7, 11) is 0. The number of carboxylic acids is 1. The van der Waals surface area contributed by atoms with Crippen molar-refractivity contribution in [1.82, 2.24) is 5.32 Å². The van der Waals surface area contributed by atoms with Crippen molar-refractivity contribution in [3.05, 3.63) is 0 Å². The van der Waals surface area contributed by atoms with Gasteiger partial charge in [0.1, 0.15) is 19.8 Å². The lowest BCUT2D eigenvalue weighted by Crippen LogP contribution is -2.31. The molecule has 16 heteroatoms. The van der Waals surface area contributed by atoms with E-state index >= 15 is 0 Å². The maximum Gasteiger partial charge on any atom is 0.329 e. The summed E-state index contributed by atoms with van der Waals surface area (Å²) in [4.78, 5) is 33.6. The number of rotatable bonds is 48. The van der Waals surface area contributed by atoms with Crippen LogP contribution in [0, 0.1) is 0 Å². The number of unbranched alkanes of at least 4 members (excludes halogenated alkanes) is 12. The van der Waals surface area contributed by atoms with Gasteiger partial charge in [0, 0.05) is 13.0 Å². The van der Waals surface area contributed by atoms with E-state index in [0.717, 1.165) is 12.8 Å². The van der Waals surface area contributed by atoms with Gasteiger partial charge in [-0.3, -0.25) is 9.59 Å². The highest BCUT2D eigenvalue weighted by Crippen LogP contribution is 2.13. The second kappa shape index (κ2) is 47.4. The Balaban J connectivity index is 3.15. The van der Waals surface area contributed by atoms with Gasteiger partial charge >= 0.3 is 11.9 Å². The normalized spacial score (nSPS) is 11.3. The number of carbonyl (C=O) groups is 3. The lowest BCUT2D eigenvalue weighted by Gasteiger charge is -2.09. The first kappa shape index (κ1) is 54.0. The third kappa shape index (κ3) is 48.2. The number of ether oxygens (including phenoxy) is 11. The third-order valence-electron chi connectivity index (χ3n) is 7.98. The molecule has 16 nitrogen and oxygen atoms in total. The van der Waals surface area contributed by atoms with Crippen LogP contribution in [0.5, 0.6) is 0 Å². The molecule has 0 aliphatic carbocycles. The Hall–Kier alpha value is -1.99. The van der Waals surface area contributed by atoms with Crippen LogP contribution in [-0.4, -0.2) is 168 Å². The van der Waals surface area contributed by atoms with Gasteiger partial charge < -0.3 is 62.5 Å². The number of hydrogen-bond acceptors (Lipinski definition) is 14. The van der Waals surface area contributed by atoms with Gasteiger partial charge in [0.15, 0.2) is 0 Å². The molecule has 0 rings (SSSR count). The SMILES string of the molecule is CCCCCCCCCCCCCCCC(=O)OCCOCCOCCOCCOCCOCCOCCOCCOCCOCCNC(=O)COCC(=O)O. The Morgan fingerprint density at radius 3 is 1.07 bits per heavy atom. The van der Waals surface area contributed by atoms with Crippen LogP contribution >= 0.6 is 0 Å². The molecule has 0 aliphatic heterocycles. The van der Waals surface area contributed by atoms with Crippen molar-refractivity contribution in [1.29, 1.82) is 0 Å². The fraction of sp³-hybridized carbons (Fsp3) is 0.925. The van der Waals surface area contributed by atoms with Crippen LogP contribution in [-0.2, 0) is 66.5 Å². The van der Waals surface area contributed by atoms with Crippen molar-refractivity contribution in [3.63, 3.8) is 0 Å². The van der Waals surface area contributed by atoms with E-state index in [1.165, 1.54) is 70.6 Å². The molecule has 0 radical (unpaired) electrons. The van der Waals surface area contributed by atoms with Crippen LogP contribution in [0.3, 0.4) is 0 Å². The van der Waals surface area contributed by atoms with Crippen LogP contribution in [0.4, 0.5) is 0 Å². The summed E-state index contributed by atoms with van der Waals surface area (Å²) in [5.41, 5.74) is 0. The molecule has 0 spiro atoms. The van der Waals surface area contributed by atoms with Crippen molar-refractivity contribution < 1.29 is 71.6 Å². The Kier molecular flexibility index (Phi) is 45.7. The van der Waals surface area contributed by atoms with E-state index in [1.807, 2.05) is 0 Å². The second-order valence-corrected chi connectivity index (χ2v) is 13.0. The summed E-state index contributed by atoms with van der Waals surface area (Å²) >= 11 is 0. The molecule has 0 aliphatic rings. The van der Waals surface area contributed by atoms with Crippen molar-refractivity contribution in [2.75, 3.05) is 145 Å². The van der Waals surface area contributed by atoms with E-state index in [1.54, 1.807) is 0 Å². The minimum Gasteiger partial charge on any atom is -0.480 e. The van der Waals surface area contributed by atoms with Crippen molar-refractivity contribution >= 4 is 17.8 Å². The predicted molar refractivity (Wildman–Crippen MR) is 210 cm³/mol. The van der Waals surface area contributed by atoms with Gasteiger partial charge in [-0.15, -0.1) is 0 Å². The zero-order valence-corrected chi connectivity index (χ0v) is 34.6. The molecule has 1 amide bonds. The number of carbonyl (C=O) groups excluding carboxylic acids is 2. The molecular formula is C40H77NO15. The average molecular weight is 812 g/mol. The average Bonchev–Trinajstić information content (AvgIpc) is 3.18. The number of aliphatic carboxylic acids is 1. The highest BCUT2D eigenvalue weighted by Gasteiger charge is 2.04. The predicted octanol–water partition coefficient (Wildman–Crippen LogP) is 4.38. The van der Waals surface area contributed by atoms with E-state index in [0.29, 0.717) is 132 Å². The Bertz CT molecular complexity index is 840. The topological polar surface area (TPSA) is 185 Å². The van der Waals surface area contributed by atoms with Gasteiger partial charge in [-0.1, -0.05) is 84.0 Å². The molecule has 0 aromatic carbocycles. The molecule has 0 bridgehead atoms. The Morgan fingerprint density at radius 1 is 0.393 bits per heavy atom. The van der Waals surface area contributed by atoms with Crippen LogP contribution in [0.1, 0.15) is 96.8 Å². The summed E-state index contributed by atoms with van der Waals surface area (Å²) in [6.07, 6.45) is 17.2. The Morgan fingerprint density at radius 2 is 0.714 bits per heavy atom. The van der Waals surface area contributed by atoms with Crippen LogP contribution in [0.2, 0.25) is 0 Å². The van der Waals surface area contributed by atoms with Gasteiger partial charge in [-0.2, -0.15) is 0 Å². The lowest BCUT2D eigenvalue weighted by atomic mass is 10.0. The Labute approximate surface area is 336 Å². The standard InChI is InChI=1S/C40H77NO15/c1-2-3-4-5-6-7-8-9-10-11-12-13-14-15-40(45)56-35-34-54-33-32-53-31-30-52-29-28-51-27-26-50-25-24-49-23-22-48-21-20-47-19-18-46-17-16-41-38(42)36-55-37-39(43)44/h2-37H2,1H3,(H,41,42)(H,43,44). The van der Waals surface area contributed by atoms with E-state index < -0.39 is 18.5 Å².